The summed E-state index contributed by atoms with van der Waals surface area (Å²) in [5.41, 5.74) is 0. The lowest BCUT2D eigenvalue weighted by Gasteiger charge is -2.42. The van der Waals surface area contributed by atoms with Crippen LogP contribution >= 0.6 is 10.6 Å². The molecule has 0 radical (unpaired) electrons. The predicted molar refractivity (Wildman–Crippen MR) is 48.0 cm³/mol. The molecule has 0 bridgehead atoms. The highest BCUT2D eigenvalue weighted by molar-refractivity contribution is 8.37. The van der Waals surface area contributed by atoms with E-state index in [1.54, 1.807) is 11.9 Å². The molecule has 0 aromatic carbocycles. The van der Waals surface area contributed by atoms with Crippen LogP contribution in [-0.4, -0.2) is 38.0 Å². The Balaban J connectivity index is 2.90. The van der Waals surface area contributed by atoms with Crippen LogP contribution < -0.4 is 0 Å². The fourth-order valence-electron chi connectivity index (χ4n) is 1.11. The van der Waals surface area contributed by atoms with Crippen molar-refractivity contribution < 1.29 is 9.11 Å². The Bertz CT molecular complexity index is 193. The van der Waals surface area contributed by atoms with Crippen LogP contribution in [0.2, 0.25) is 0 Å². The second kappa shape index (κ2) is 2.66. The zero-order valence-corrected chi connectivity index (χ0v) is 7.80. The van der Waals surface area contributed by atoms with Gasteiger partial charge in [0, 0.05) is 7.05 Å². The standard InChI is InChI=1S/C6H14N2O2S/c1-5-4-8(3)7-6(2)11(5,9)10/h5,9-10H,4H2,1-3H3. The molecular weight excluding hydrogens is 164 g/mol. The van der Waals surface area contributed by atoms with Crippen molar-refractivity contribution >= 4 is 15.6 Å². The first-order valence-electron chi connectivity index (χ1n) is 3.48. The second-order valence-electron chi connectivity index (χ2n) is 2.86. The molecule has 4 nitrogen and oxygen atoms in total. The van der Waals surface area contributed by atoms with Gasteiger partial charge in [0.2, 0.25) is 0 Å². The fraction of sp³-hybridized carbons (Fsp3) is 0.833. The summed E-state index contributed by atoms with van der Waals surface area (Å²) in [5, 5.41) is 6.04. The molecule has 0 fully saturated rings. The van der Waals surface area contributed by atoms with Gasteiger partial charge in [-0.25, -0.2) is 0 Å². The maximum absolute atomic E-state index is 9.51. The van der Waals surface area contributed by atoms with Gasteiger partial charge in [-0.3, -0.25) is 14.1 Å². The van der Waals surface area contributed by atoms with Gasteiger partial charge in [-0.05, 0) is 13.8 Å². The van der Waals surface area contributed by atoms with Gasteiger partial charge in [-0.1, -0.05) is 0 Å². The zero-order valence-electron chi connectivity index (χ0n) is 6.98. The van der Waals surface area contributed by atoms with Crippen LogP contribution in [0.25, 0.3) is 0 Å². The number of hydrogen-bond acceptors (Lipinski definition) is 4. The number of nitrogens with zero attached hydrogens (tertiary/aromatic N) is 2. The molecule has 0 aromatic rings. The first-order chi connectivity index (χ1) is 4.94. The Labute approximate surface area is 68.2 Å². The van der Waals surface area contributed by atoms with E-state index in [1.165, 1.54) is 0 Å². The summed E-state index contributed by atoms with van der Waals surface area (Å²) in [5.74, 6) is 0. The van der Waals surface area contributed by atoms with Crippen molar-refractivity contribution in [1.29, 1.82) is 0 Å². The first-order valence-corrected chi connectivity index (χ1v) is 5.09. The molecule has 1 heterocycles. The molecule has 5 heteroatoms. The quantitative estimate of drug-likeness (QED) is 0.589. The molecule has 0 saturated carbocycles. The van der Waals surface area contributed by atoms with Crippen LogP contribution in [0.15, 0.2) is 5.10 Å². The van der Waals surface area contributed by atoms with E-state index in [4.69, 9.17) is 0 Å². The van der Waals surface area contributed by atoms with E-state index in [2.05, 4.69) is 5.10 Å². The highest BCUT2D eigenvalue weighted by Gasteiger charge is 2.29. The average molecular weight is 178 g/mol. The Morgan fingerprint density at radius 1 is 1.64 bits per heavy atom. The molecule has 0 saturated heterocycles. The van der Waals surface area contributed by atoms with Gasteiger partial charge in [0.15, 0.2) is 0 Å². The molecule has 1 aliphatic heterocycles. The van der Waals surface area contributed by atoms with E-state index < -0.39 is 10.6 Å². The Morgan fingerprint density at radius 2 is 2.18 bits per heavy atom. The molecular formula is C6H14N2O2S. The van der Waals surface area contributed by atoms with Gasteiger partial charge in [0.1, 0.15) is 5.04 Å². The Hall–Kier alpha value is -0.260. The van der Waals surface area contributed by atoms with E-state index in [-0.39, 0.29) is 5.25 Å². The number of rotatable bonds is 0. The molecule has 1 rings (SSSR count). The average Bonchev–Trinajstić information content (AvgIpc) is 1.84. The van der Waals surface area contributed by atoms with Gasteiger partial charge < -0.3 is 0 Å². The van der Waals surface area contributed by atoms with Crippen LogP contribution in [0.1, 0.15) is 13.8 Å². The van der Waals surface area contributed by atoms with Gasteiger partial charge in [0.05, 0.1) is 11.8 Å². The van der Waals surface area contributed by atoms with E-state index in [1.807, 2.05) is 14.0 Å². The lowest BCUT2D eigenvalue weighted by atomic mass is 10.5. The molecule has 66 valence electrons. The Kier molecular flexibility index (Phi) is 2.13. The van der Waals surface area contributed by atoms with Crippen LogP contribution in [0.3, 0.4) is 0 Å². The summed E-state index contributed by atoms with van der Waals surface area (Å²) in [6, 6.07) is 0. The lowest BCUT2D eigenvalue weighted by Crippen LogP contribution is -2.36. The first kappa shape index (κ1) is 8.83. The van der Waals surface area contributed by atoms with E-state index in [9.17, 15) is 9.11 Å². The SMILES string of the molecule is CC1=NN(C)CC(C)S1(O)O. The molecule has 1 unspecified atom stereocenters. The zero-order chi connectivity index (χ0) is 8.65. The molecule has 11 heavy (non-hydrogen) atoms. The molecule has 1 atom stereocenters. The van der Waals surface area contributed by atoms with Gasteiger partial charge >= 0.3 is 0 Å². The number of hydrogen-bond donors (Lipinski definition) is 2. The van der Waals surface area contributed by atoms with E-state index in [0.717, 1.165) is 0 Å². The van der Waals surface area contributed by atoms with Crippen molar-refractivity contribution in [3.63, 3.8) is 0 Å². The van der Waals surface area contributed by atoms with Gasteiger partial charge in [0.25, 0.3) is 0 Å². The van der Waals surface area contributed by atoms with Crippen LogP contribution in [0.5, 0.6) is 0 Å². The van der Waals surface area contributed by atoms with E-state index >= 15 is 0 Å². The third kappa shape index (κ3) is 1.50. The van der Waals surface area contributed by atoms with Crippen molar-refractivity contribution in [2.75, 3.05) is 13.6 Å². The fourth-order valence-corrected chi connectivity index (χ4v) is 2.37. The topological polar surface area (TPSA) is 56.1 Å². The molecule has 1 aliphatic rings. The van der Waals surface area contributed by atoms with Crippen molar-refractivity contribution in [3.8, 4) is 0 Å². The van der Waals surface area contributed by atoms with E-state index in [0.29, 0.717) is 11.6 Å². The highest BCUT2D eigenvalue weighted by Crippen LogP contribution is 2.47. The normalized spacial score (nSPS) is 33.0. The molecule has 2 N–H and O–H groups in total. The molecule has 0 amide bonds. The van der Waals surface area contributed by atoms with Crippen molar-refractivity contribution in [2.45, 2.75) is 19.1 Å². The molecule has 0 aliphatic carbocycles. The summed E-state index contributed by atoms with van der Waals surface area (Å²) in [4.78, 5) is 0. The molecule has 0 spiro atoms. The van der Waals surface area contributed by atoms with Crippen LogP contribution in [0, 0.1) is 0 Å². The lowest BCUT2D eigenvalue weighted by molar-refractivity contribution is 0.337. The van der Waals surface area contributed by atoms with Crippen molar-refractivity contribution in [2.24, 2.45) is 5.10 Å². The smallest absolute Gasteiger partial charge is 0.141 e. The van der Waals surface area contributed by atoms with Crippen LogP contribution in [0.4, 0.5) is 0 Å². The monoisotopic (exact) mass is 178 g/mol. The Morgan fingerprint density at radius 3 is 2.64 bits per heavy atom. The summed E-state index contributed by atoms with van der Waals surface area (Å²) in [6.07, 6.45) is 0. The number of hydrazone groups is 1. The van der Waals surface area contributed by atoms with Crippen molar-refractivity contribution in [3.05, 3.63) is 0 Å². The predicted octanol–water partition coefficient (Wildman–Crippen LogP) is 1.40. The minimum atomic E-state index is -2.56. The van der Waals surface area contributed by atoms with Gasteiger partial charge in [-0.15, -0.1) is 0 Å². The summed E-state index contributed by atoms with van der Waals surface area (Å²) in [7, 11) is -0.737. The third-order valence-corrected chi connectivity index (χ3v) is 4.05. The summed E-state index contributed by atoms with van der Waals surface area (Å²) >= 11 is 0. The third-order valence-electron chi connectivity index (χ3n) is 1.83. The molecule has 0 aromatic heterocycles. The van der Waals surface area contributed by atoms with Crippen molar-refractivity contribution in [1.82, 2.24) is 5.01 Å². The van der Waals surface area contributed by atoms with Crippen LogP contribution in [-0.2, 0) is 0 Å². The highest BCUT2D eigenvalue weighted by atomic mass is 32.3. The minimum Gasteiger partial charge on any atom is -0.297 e. The summed E-state index contributed by atoms with van der Waals surface area (Å²) < 4.78 is 19.0. The largest absolute Gasteiger partial charge is 0.297 e. The second-order valence-corrected chi connectivity index (χ2v) is 5.44. The maximum Gasteiger partial charge on any atom is 0.141 e. The summed E-state index contributed by atoms with van der Waals surface area (Å²) in [6.45, 7) is 4.09. The van der Waals surface area contributed by atoms with Gasteiger partial charge in [-0.2, -0.15) is 15.7 Å². The minimum absolute atomic E-state index is 0.106. The maximum atomic E-state index is 9.51.